The van der Waals surface area contributed by atoms with E-state index < -0.39 is 0 Å². The highest BCUT2D eigenvalue weighted by molar-refractivity contribution is 5.92. The van der Waals surface area contributed by atoms with Gasteiger partial charge < -0.3 is 9.88 Å². The first-order valence-corrected chi connectivity index (χ1v) is 8.89. The summed E-state index contributed by atoms with van der Waals surface area (Å²) in [6, 6.07) is 21.8. The molecule has 0 atom stereocenters. The lowest BCUT2D eigenvalue weighted by Gasteiger charge is -2.11. The normalized spacial score (nSPS) is 10.9. The van der Waals surface area contributed by atoms with E-state index in [0.29, 0.717) is 18.8 Å². The number of hydrogen-bond acceptors (Lipinski definition) is 3. The molecule has 0 spiro atoms. The molecule has 1 N–H and O–H groups in total. The van der Waals surface area contributed by atoms with Crippen LogP contribution in [0.1, 0.15) is 27.4 Å². The lowest BCUT2D eigenvalue weighted by Crippen LogP contribution is -2.25. The first-order chi connectivity index (χ1) is 13.2. The number of rotatable bonds is 5. The van der Waals surface area contributed by atoms with Gasteiger partial charge in [0, 0.05) is 12.7 Å². The highest BCUT2D eigenvalue weighted by atomic mass is 16.1. The third-order valence-electron chi connectivity index (χ3n) is 4.50. The van der Waals surface area contributed by atoms with Crippen LogP contribution in [-0.4, -0.2) is 20.4 Å². The minimum atomic E-state index is -0.204. The van der Waals surface area contributed by atoms with Gasteiger partial charge in [-0.05, 0) is 36.8 Å². The van der Waals surface area contributed by atoms with Gasteiger partial charge >= 0.3 is 0 Å². The minimum absolute atomic E-state index is 0.204. The van der Waals surface area contributed by atoms with Crippen LogP contribution < -0.4 is 5.32 Å². The molecule has 2 aromatic heterocycles. The SMILES string of the molecule is Cc1ccc(Cn2c(CNC(=O)c3ccccn3)nc3ccccc32)cc1. The van der Waals surface area contributed by atoms with Gasteiger partial charge in [-0.25, -0.2) is 4.98 Å². The van der Waals surface area contributed by atoms with E-state index in [1.165, 1.54) is 11.1 Å². The number of nitrogens with one attached hydrogen (secondary N) is 1. The van der Waals surface area contributed by atoms with E-state index in [1.807, 2.05) is 18.2 Å². The summed E-state index contributed by atoms with van der Waals surface area (Å²) in [5, 5.41) is 2.93. The van der Waals surface area contributed by atoms with Crippen molar-refractivity contribution in [3.8, 4) is 0 Å². The van der Waals surface area contributed by atoms with Crippen molar-refractivity contribution < 1.29 is 4.79 Å². The molecule has 2 aromatic carbocycles. The molecule has 0 radical (unpaired) electrons. The largest absolute Gasteiger partial charge is 0.343 e. The summed E-state index contributed by atoms with van der Waals surface area (Å²) < 4.78 is 2.15. The van der Waals surface area contributed by atoms with Crippen LogP contribution in [0, 0.1) is 6.92 Å². The summed E-state index contributed by atoms with van der Waals surface area (Å²) in [4.78, 5) is 21.1. The van der Waals surface area contributed by atoms with Crippen molar-refractivity contribution in [3.05, 3.63) is 95.6 Å². The van der Waals surface area contributed by atoms with Gasteiger partial charge in [0.2, 0.25) is 0 Å². The average Bonchev–Trinajstić information content (AvgIpc) is 3.06. The smallest absolute Gasteiger partial charge is 0.270 e. The molecule has 1 amide bonds. The van der Waals surface area contributed by atoms with Crippen LogP contribution in [0.5, 0.6) is 0 Å². The first-order valence-electron chi connectivity index (χ1n) is 8.89. The number of amides is 1. The highest BCUT2D eigenvalue weighted by Crippen LogP contribution is 2.18. The molecule has 0 saturated carbocycles. The Hall–Kier alpha value is -3.47. The van der Waals surface area contributed by atoms with Crippen molar-refractivity contribution in [3.63, 3.8) is 0 Å². The Morgan fingerprint density at radius 1 is 1.00 bits per heavy atom. The van der Waals surface area contributed by atoms with Gasteiger partial charge in [0.1, 0.15) is 11.5 Å². The number of carbonyl (C=O) groups excluding carboxylic acids is 1. The molecule has 0 aliphatic rings. The van der Waals surface area contributed by atoms with E-state index in [2.05, 4.69) is 52.1 Å². The molecule has 4 rings (SSSR count). The summed E-state index contributed by atoms with van der Waals surface area (Å²) in [6.07, 6.45) is 1.61. The Morgan fingerprint density at radius 2 is 1.78 bits per heavy atom. The van der Waals surface area contributed by atoms with Crippen LogP contribution in [-0.2, 0) is 13.1 Å². The number of imidazole rings is 1. The fraction of sp³-hybridized carbons (Fsp3) is 0.136. The highest BCUT2D eigenvalue weighted by Gasteiger charge is 2.13. The molecule has 0 saturated heterocycles. The van der Waals surface area contributed by atoms with Crippen LogP contribution in [0.25, 0.3) is 11.0 Å². The minimum Gasteiger partial charge on any atom is -0.343 e. The van der Waals surface area contributed by atoms with Gasteiger partial charge in [0.15, 0.2) is 0 Å². The summed E-state index contributed by atoms with van der Waals surface area (Å²) in [7, 11) is 0. The molecule has 0 bridgehead atoms. The summed E-state index contributed by atoms with van der Waals surface area (Å²) in [5.41, 5.74) is 4.81. The summed E-state index contributed by atoms with van der Waals surface area (Å²) >= 11 is 0. The zero-order valence-electron chi connectivity index (χ0n) is 15.1. The van der Waals surface area contributed by atoms with Crippen LogP contribution in [0.15, 0.2) is 72.9 Å². The topological polar surface area (TPSA) is 59.8 Å². The molecule has 5 nitrogen and oxygen atoms in total. The first kappa shape index (κ1) is 17.0. The molecule has 0 aliphatic heterocycles. The average molecular weight is 356 g/mol. The zero-order valence-corrected chi connectivity index (χ0v) is 15.1. The maximum absolute atomic E-state index is 12.3. The molecule has 134 valence electrons. The number of para-hydroxylation sites is 2. The molecular formula is C22H20N4O. The third-order valence-corrected chi connectivity index (χ3v) is 4.50. The van der Waals surface area contributed by atoms with Gasteiger partial charge in [0.05, 0.1) is 17.6 Å². The van der Waals surface area contributed by atoms with E-state index in [-0.39, 0.29) is 5.91 Å². The van der Waals surface area contributed by atoms with Gasteiger partial charge in [-0.15, -0.1) is 0 Å². The Labute approximate surface area is 157 Å². The van der Waals surface area contributed by atoms with Crippen LogP contribution in [0.2, 0.25) is 0 Å². The quantitative estimate of drug-likeness (QED) is 0.593. The number of aromatic nitrogens is 3. The second kappa shape index (κ2) is 7.41. The molecule has 0 unspecified atom stereocenters. The number of nitrogens with zero attached hydrogens (tertiary/aromatic N) is 3. The van der Waals surface area contributed by atoms with E-state index in [4.69, 9.17) is 4.98 Å². The van der Waals surface area contributed by atoms with E-state index in [0.717, 1.165) is 16.9 Å². The molecule has 4 aromatic rings. The van der Waals surface area contributed by atoms with Crippen molar-refractivity contribution in [1.29, 1.82) is 0 Å². The van der Waals surface area contributed by atoms with Crippen molar-refractivity contribution >= 4 is 16.9 Å². The lowest BCUT2D eigenvalue weighted by molar-refractivity contribution is 0.0944. The van der Waals surface area contributed by atoms with E-state index in [1.54, 1.807) is 24.4 Å². The summed E-state index contributed by atoms with van der Waals surface area (Å²) in [6.45, 7) is 3.13. The van der Waals surface area contributed by atoms with Gasteiger partial charge in [-0.1, -0.05) is 48.0 Å². The number of pyridine rings is 1. The standard InChI is InChI=1S/C22H20N4O/c1-16-9-11-17(12-10-16)15-26-20-8-3-2-6-18(20)25-21(26)14-24-22(27)19-7-4-5-13-23-19/h2-13H,14-15H2,1H3,(H,24,27). The second-order valence-electron chi connectivity index (χ2n) is 6.49. The predicted octanol–water partition coefficient (Wildman–Crippen LogP) is 3.72. The van der Waals surface area contributed by atoms with Gasteiger partial charge in [0.25, 0.3) is 5.91 Å². The monoisotopic (exact) mass is 356 g/mol. The van der Waals surface area contributed by atoms with E-state index in [9.17, 15) is 4.79 Å². The number of fused-ring (bicyclic) bond motifs is 1. The maximum Gasteiger partial charge on any atom is 0.270 e. The number of aryl methyl sites for hydroxylation is 1. The predicted molar refractivity (Wildman–Crippen MR) is 105 cm³/mol. The van der Waals surface area contributed by atoms with Gasteiger partial charge in [-0.2, -0.15) is 0 Å². The van der Waals surface area contributed by atoms with Crippen molar-refractivity contribution in [2.24, 2.45) is 0 Å². The lowest BCUT2D eigenvalue weighted by atomic mass is 10.1. The summed E-state index contributed by atoms with van der Waals surface area (Å²) in [5.74, 6) is 0.616. The second-order valence-corrected chi connectivity index (χ2v) is 6.49. The van der Waals surface area contributed by atoms with Crippen LogP contribution in [0.4, 0.5) is 0 Å². The Kier molecular flexibility index (Phi) is 4.66. The molecule has 2 heterocycles. The van der Waals surface area contributed by atoms with Crippen LogP contribution >= 0.6 is 0 Å². The Morgan fingerprint density at radius 3 is 2.56 bits per heavy atom. The van der Waals surface area contributed by atoms with Crippen molar-refractivity contribution in [2.75, 3.05) is 0 Å². The Bertz CT molecular complexity index is 1070. The zero-order chi connectivity index (χ0) is 18.6. The number of benzene rings is 2. The molecule has 27 heavy (non-hydrogen) atoms. The Balaban J connectivity index is 1.61. The number of carbonyl (C=O) groups is 1. The molecule has 5 heteroatoms. The molecule has 0 fully saturated rings. The van der Waals surface area contributed by atoms with Crippen molar-refractivity contribution in [1.82, 2.24) is 19.9 Å². The van der Waals surface area contributed by atoms with Crippen molar-refractivity contribution in [2.45, 2.75) is 20.0 Å². The van der Waals surface area contributed by atoms with E-state index >= 15 is 0 Å². The van der Waals surface area contributed by atoms with Gasteiger partial charge in [-0.3, -0.25) is 9.78 Å². The fourth-order valence-corrected chi connectivity index (χ4v) is 3.06. The maximum atomic E-state index is 12.3. The molecule has 0 aliphatic carbocycles. The van der Waals surface area contributed by atoms with Crippen LogP contribution in [0.3, 0.4) is 0 Å². The molecular weight excluding hydrogens is 336 g/mol. The fourth-order valence-electron chi connectivity index (χ4n) is 3.06. The third kappa shape index (κ3) is 3.72. The number of hydrogen-bond donors (Lipinski definition) is 1.